The standard InChI is InChI=1S/C12H25N5/c1-5-6-7-8-9-17-11(14-15-16-17)10-13-12(2,3)4/h13H,5-10H2,1-4H3. The summed E-state index contributed by atoms with van der Waals surface area (Å²) in [7, 11) is 0. The Morgan fingerprint density at radius 2 is 1.94 bits per heavy atom. The van der Waals surface area contributed by atoms with E-state index in [9.17, 15) is 0 Å². The number of unbranched alkanes of at least 4 members (excludes halogenated alkanes) is 3. The Kier molecular flexibility index (Phi) is 5.55. The van der Waals surface area contributed by atoms with Gasteiger partial charge in [0.05, 0.1) is 6.54 Å². The maximum absolute atomic E-state index is 4.06. The normalized spacial score (nSPS) is 12.0. The van der Waals surface area contributed by atoms with E-state index in [0.717, 1.165) is 25.3 Å². The van der Waals surface area contributed by atoms with Crippen molar-refractivity contribution in [2.24, 2.45) is 0 Å². The summed E-state index contributed by atoms with van der Waals surface area (Å²) < 4.78 is 1.91. The van der Waals surface area contributed by atoms with Gasteiger partial charge in [0.15, 0.2) is 5.82 Å². The number of hydrogen-bond donors (Lipinski definition) is 1. The van der Waals surface area contributed by atoms with Gasteiger partial charge in [-0.1, -0.05) is 26.2 Å². The molecule has 0 amide bonds. The molecular formula is C12H25N5. The van der Waals surface area contributed by atoms with Crippen LogP contribution in [0.15, 0.2) is 0 Å². The van der Waals surface area contributed by atoms with Gasteiger partial charge in [-0.25, -0.2) is 4.68 Å². The van der Waals surface area contributed by atoms with Gasteiger partial charge in [0.1, 0.15) is 0 Å². The molecule has 1 heterocycles. The molecule has 0 saturated heterocycles. The summed E-state index contributed by atoms with van der Waals surface area (Å²) in [6, 6.07) is 0. The molecule has 0 saturated carbocycles. The van der Waals surface area contributed by atoms with Gasteiger partial charge in [0, 0.05) is 12.1 Å². The van der Waals surface area contributed by atoms with Gasteiger partial charge in [-0.3, -0.25) is 0 Å². The van der Waals surface area contributed by atoms with E-state index >= 15 is 0 Å². The van der Waals surface area contributed by atoms with Crippen LogP contribution in [0.4, 0.5) is 0 Å². The van der Waals surface area contributed by atoms with Gasteiger partial charge < -0.3 is 5.32 Å². The van der Waals surface area contributed by atoms with Gasteiger partial charge in [-0.15, -0.1) is 5.10 Å². The molecule has 1 aromatic rings. The molecule has 0 atom stereocenters. The summed E-state index contributed by atoms with van der Waals surface area (Å²) >= 11 is 0. The molecule has 98 valence electrons. The van der Waals surface area contributed by atoms with E-state index in [1.807, 2.05) is 4.68 Å². The first-order chi connectivity index (χ1) is 8.03. The summed E-state index contributed by atoms with van der Waals surface area (Å²) in [5, 5.41) is 15.2. The average molecular weight is 239 g/mol. The first-order valence-corrected chi connectivity index (χ1v) is 6.53. The minimum absolute atomic E-state index is 0.0962. The molecule has 0 bridgehead atoms. The molecule has 17 heavy (non-hydrogen) atoms. The van der Waals surface area contributed by atoms with Crippen LogP contribution in [0.2, 0.25) is 0 Å². The third-order valence-electron chi connectivity index (χ3n) is 2.61. The molecule has 1 aromatic heterocycles. The molecule has 0 radical (unpaired) electrons. The van der Waals surface area contributed by atoms with Crippen molar-refractivity contribution in [3.63, 3.8) is 0 Å². The minimum Gasteiger partial charge on any atom is -0.305 e. The van der Waals surface area contributed by atoms with Crippen molar-refractivity contribution in [2.45, 2.75) is 72.0 Å². The number of tetrazole rings is 1. The van der Waals surface area contributed by atoms with Gasteiger partial charge in [0.25, 0.3) is 0 Å². The van der Waals surface area contributed by atoms with Gasteiger partial charge >= 0.3 is 0 Å². The molecule has 0 aromatic carbocycles. The maximum atomic E-state index is 4.06. The van der Waals surface area contributed by atoms with Gasteiger partial charge in [-0.05, 0) is 37.6 Å². The highest BCUT2D eigenvalue weighted by Crippen LogP contribution is 2.04. The quantitative estimate of drug-likeness (QED) is 0.741. The molecule has 0 aliphatic heterocycles. The van der Waals surface area contributed by atoms with Crippen molar-refractivity contribution >= 4 is 0 Å². The summed E-state index contributed by atoms with van der Waals surface area (Å²) in [6.45, 7) is 10.3. The second-order valence-corrected chi connectivity index (χ2v) is 5.48. The Labute approximate surface area is 104 Å². The lowest BCUT2D eigenvalue weighted by molar-refractivity contribution is 0.405. The largest absolute Gasteiger partial charge is 0.305 e. The first kappa shape index (κ1) is 14.1. The van der Waals surface area contributed by atoms with E-state index in [1.54, 1.807) is 0 Å². The fourth-order valence-electron chi connectivity index (χ4n) is 1.56. The third kappa shape index (κ3) is 5.77. The van der Waals surface area contributed by atoms with Crippen LogP contribution in [0.5, 0.6) is 0 Å². The van der Waals surface area contributed by atoms with Crippen molar-refractivity contribution in [1.82, 2.24) is 25.5 Å². The SMILES string of the molecule is CCCCCCn1nnnc1CNC(C)(C)C. The highest BCUT2D eigenvalue weighted by molar-refractivity contribution is 4.83. The Morgan fingerprint density at radius 1 is 1.18 bits per heavy atom. The molecule has 1 rings (SSSR count). The average Bonchev–Trinajstić information content (AvgIpc) is 2.68. The third-order valence-corrected chi connectivity index (χ3v) is 2.61. The molecule has 5 heteroatoms. The molecule has 0 aliphatic carbocycles. The zero-order valence-corrected chi connectivity index (χ0v) is 11.5. The van der Waals surface area contributed by atoms with Crippen LogP contribution in [0.3, 0.4) is 0 Å². The monoisotopic (exact) mass is 239 g/mol. The predicted molar refractivity (Wildman–Crippen MR) is 68.6 cm³/mol. The Morgan fingerprint density at radius 3 is 2.59 bits per heavy atom. The number of nitrogens with zero attached hydrogens (tertiary/aromatic N) is 4. The lowest BCUT2D eigenvalue weighted by Crippen LogP contribution is -2.36. The van der Waals surface area contributed by atoms with Crippen LogP contribution in [-0.2, 0) is 13.1 Å². The van der Waals surface area contributed by atoms with Crippen molar-refractivity contribution in [3.05, 3.63) is 5.82 Å². The summed E-state index contributed by atoms with van der Waals surface area (Å²) in [5.41, 5.74) is 0.0962. The number of nitrogens with one attached hydrogen (secondary N) is 1. The Balaban J connectivity index is 2.37. The maximum Gasteiger partial charge on any atom is 0.165 e. The van der Waals surface area contributed by atoms with Crippen LogP contribution >= 0.6 is 0 Å². The lowest BCUT2D eigenvalue weighted by atomic mass is 10.1. The van der Waals surface area contributed by atoms with Crippen molar-refractivity contribution in [3.8, 4) is 0 Å². The van der Waals surface area contributed by atoms with E-state index in [-0.39, 0.29) is 5.54 Å². The zero-order valence-electron chi connectivity index (χ0n) is 11.5. The topological polar surface area (TPSA) is 55.6 Å². The van der Waals surface area contributed by atoms with Crippen molar-refractivity contribution in [2.75, 3.05) is 0 Å². The fourth-order valence-corrected chi connectivity index (χ4v) is 1.56. The van der Waals surface area contributed by atoms with E-state index in [1.165, 1.54) is 19.3 Å². The molecule has 0 spiro atoms. The summed E-state index contributed by atoms with van der Waals surface area (Å²) in [6.07, 6.45) is 4.95. The molecule has 0 aliphatic rings. The molecule has 0 fully saturated rings. The van der Waals surface area contributed by atoms with Crippen molar-refractivity contribution < 1.29 is 0 Å². The second-order valence-electron chi connectivity index (χ2n) is 5.48. The summed E-state index contributed by atoms with van der Waals surface area (Å²) in [5.74, 6) is 0.927. The molecule has 0 unspecified atom stereocenters. The van der Waals surface area contributed by atoms with Gasteiger partial charge in [0.2, 0.25) is 0 Å². The fraction of sp³-hybridized carbons (Fsp3) is 0.917. The number of aryl methyl sites for hydroxylation is 1. The minimum atomic E-state index is 0.0962. The van der Waals surface area contributed by atoms with Crippen LogP contribution in [0, 0.1) is 0 Å². The second kappa shape index (κ2) is 6.69. The van der Waals surface area contributed by atoms with Gasteiger partial charge in [-0.2, -0.15) is 0 Å². The molecule has 1 N–H and O–H groups in total. The van der Waals surface area contributed by atoms with E-state index < -0.39 is 0 Å². The smallest absolute Gasteiger partial charge is 0.165 e. The van der Waals surface area contributed by atoms with Crippen LogP contribution < -0.4 is 5.32 Å². The zero-order chi connectivity index (χ0) is 12.7. The molecule has 5 nitrogen and oxygen atoms in total. The highest BCUT2D eigenvalue weighted by Gasteiger charge is 2.12. The van der Waals surface area contributed by atoms with E-state index in [2.05, 4.69) is 48.5 Å². The first-order valence-electron chi connectivity index (χ1n) is 6.53. The number of rotatable bonds is 7. The van der Waals surface area contributed by atoms with Crippen LogP contribution in [0.25, 0.3) is 0 Å². The Bertz CT molecular complexity index is 313. The number of aromatic nitrogens is 4. The lowest BCUT2D eigenvalue weighted by Gasteiger charge is -2.19. The van der Waals surface area contributed by atoms with E-state index in [0.29, 0.717) is 0 Å². The van der Waals surface area contributed by atoms with Crippen molar-refractivity contribution in [1.29, 1.82) is 0 Å². The predicted octanol–water partition coefficient (Wildman–Crippen LogP) is 2.14. The number of hydrogen-bond acceptors (Lipinski definition) is 4. The highest BCUT2D eigenvalue weighted by atomic mass is 15.5. The van der Waals surface area contributed by atoms with Crippen LogP contribution in [-0.4, -0.2) is 25.7 Å². The molecular weight excluding hydrogens is 214 g/mol. The summed E-state index contributed by atoms with van der Waals surface area (Å²) in [4.78, 5) is 0. The Hall–Kier alpha value is -0.970. The van der Waals surface area contributed by atoms with Crippen LogP contribution in [0.1, 0.15) is 59.2 Å². The van der Waals surface area contributed by atoms with E-state index in [4.69, 9.17) is 0 Å².